The summed E-state index contributed by atoms with van der Waals surface area (Å²) in [5, 5.41) is 5.39. The molecule has 6 heteroatoms. The highest BCUT2D eigenvalue weighted by Gasteiger charge is 2.12. The van der Waals surface area contributed by atoms with Gasteiger partial charge in [0.15, 0.2) is 0 Å². The Morgan fingerprint density at radius 3 is 3.00 bits per heavy atom. The first-order valence-corrected chi connectivity index (χ1v) is 7.28. The van der Waals surface area contributed by atoms with E-state index >= 15 is 0 Å². The number of nitrogens with one attached hydrogen (secondary N) is 1. The van der Waals surface area contributed by atoms with Gasteiger partial charge in [0.05, 0.1) is 23.8 Å². The van der Waals surface area contributed by atoms with Crippen LogP contribution in [0.25, 0.3) is 0 Å². The minimum absolute atomic E-state index is 0.232. The van der Waals surface area contributed by atoms with Crippen LogP contribution >= 0.6 is 27.3 Å². The summed E-state index contributed by atoms with van der Waals surface area (Å²) in [7, 11) is 1.59. The fourth-order valence-electron chi connectivity index (χ4n) is 1.58. The number of rotatable bonds is 5. The Labute approximate surface area is 119 Å². The lowest BCUT2D eigenvalue weighted by Gasteiger charge is -2.15. The summed E-state index contributed by atoms with van der Waals surface area (Å²) in [4.78, 5) is 9.82. The van der Waals surface area contributed by atoms with Gasteiger partial charge in [0.2, 0.25) is 11.8 Å². The highest BCUT2D eigenvalue weighted by Crippen LogP contribution is 2.27. The van der Waals surface area contributed by atoms with Crippen LogP contribution in [0.3, 0.4) is 0 Å². The first-order valence-electron chi connectivity index (χ1n) is 5.61. The average molecular weight is 328 g/mol. The lowest BCUT2D eigenvalue weighted by atomic mass is 10.2. The number of ether oxygens (including phenoxy) is 1. The predicted octanol–water partition coefficient (Wildman–Crippen LogP) is 3.87. The lowest BCUT2D eigenvalue weighted by molar-refractivity contribution is 0.394. The Kier molecular flexibility index (Phi) is 4.54. The van der Waals surface area contributed by atoms with Gasteiger partial charge in [-0.3, -0.25) is 0 Å². The molecule has 2 aromatic heterocycles. The molecule has 2 aromatic rings. The second-order valence-electron chi connectivity index (χ2n) is 3.67. The van der Waals surface area contributed by atoms with Gasteiger partial charge in [-0.05, 0) is 33.8 Å². The van der Waals surface area contributed by atoms with Crippen molar-refractivity contribution in [2.24, 2.45) is 0 Å². The van der Waals surface area contributed by atoms with E-state index in [1.807, 2.05) is 6.07 Å². The van der Waals surface area contributed by atoms with Crippen LogP contribution in [0.2, 0.25) is 0 Å². The van der Waals surface area contributed by atoms with Crippen molar-refractivity contribution < 1.29 is 4.74 Å². The zero-order valence-electron chi connectivity index (χ0n) is 10.2. The van der Waals surface area contributed by atoms with Gasteiger partial charge in [-0.25, -0.2) is 4.98 Å². The molecule has 2 rings (SSSR count). The Morgan fingerprint density at radius 1 is 1.56 bits per heavy atom. The van der Waals surface area contributed by atoms with E-state index in [1.54, 1.807) is 24.6 Å². The van der Waals surface area contributed by atoms with Crippen LogP contribution in [-0.2, 0) is 0 Å². The molecule has 2 heterocycles. The molecule has 0 aliphatic heterocycles. The van der Waals surface area contributed by atoms with E-state index in [-0.39, 0.29) is 6.04 Å². The molecular weight excluding hydrogens is 314 g/mol. The maximum absolute atomic E-state index is 5.16. The van der Waals surface area contributed by atoms with Gasteiger partial charge in [0.25, 0.3) is 0 Å². The van der Waals surface area contributed by atoms with Gasteiger partial charge in [-0.15, -0.1) is 11.3 Å². The topological polar surface area (TPSA) is 47.0 Å². The molecule has 0 aliphatic carbocycles. The molecule has 4 nitrogen and oxygen atoms in total. The number of methoxy groups -OCH3 is 1. The van der Waals surface area contributed by atoms with E-state index < -0.39 is 0 Å². The first-order chi connectivity index (χ1) is 8.74. The first kappa shape index (κ1) is 13.3. The monoisotopic (exact) mass is 327 g/mol. The van der Waals surface area contributed by atoms with Crippen molar-refractivity contribution >= 4 is 33.2 Å². The zero-order chi connectivity index (χ0) is 13.0. The van der Waals surface area contributed by atoms with Crippen LogP contribution in [0.4, 0.5) is 5.95 Å². The molecule has 0 saturated carbocycles. The SMILES string of the molecule is CCC(Nc1ncc(Br)c(OC)n1)c1cccs1. The molecule has 0 amide bonds. The number of hydrogen-bond acceptors (Lipinski definition) is 5. The molecule has 0 fully saturated rings. The summed E-state index contributed by atoms with van der Waals surface area (Å²) in [6, 6.07) is 4.39. The molecule has 0 aromatic carbocycles. The second-order valence-corrected chi connectivity index (χ2v) is 5.51. The van der Waals surface area contributed by atoms with E-state index in [9.17, 15) is 0 Å². The summed E-state index contributed by atoms with van der Waals surface area (Å²) < 4.78 is 5.91. The maximum atomic E-state index is 5.16. The van der Waals surface area contributed by atoms with E-state index in [0.717, 1.165) is 10.9 Å². The minimum atomic E-state index is 0.232. The third-order valence-electron chi connectivity index (χ3n) is 2.50. The van der Waals surface area contributed by atoms with Crippen LogP contribution in [-0.4, -0.2) is 17.1 Å². The predicted molar refractivity (Wildman–Crippen MR) is 77.3 cm³/mol. The van der Waals surface area contributed by atoms with Crippen LogP contribution in [0.1, 0.15) is 24.3 Å². The maximum Gasteiger partial charge on any atom is 0.232 e. The summed E-state index contributed by atoms with van der Waals surface area (Å²) in [5.41, 5.74) is 0. The summed E-state index contributed by atoms with van der Waals surface area (Å²) >= 11 is 5.07. The fourth-order valence-corrected chi connectivity index (χ4v) is 2.80. The fraction of sp³-hybridized carbons (Fsp3) is 0.333. The lowest BCUT2D eigenvalue weighted by Crippen LogP contribution is -2.11. The van der Waals surface area contributed by atoms with Crippen molar-refractivity contribution in [3.8, 4) is 5.88 Å². The summed E-state index contributed by atoms with van der Waals surface area (Å²) in [5.74, 6) is 1.11. The molecule has 1 atom stereocenters. The molecule has 1 unspecified atom stereocenters. The van der Waals surface area contributed by atoms with Crippen molar-refractivity contribution in [2.45, 2.75) is 19.4 Å². The number of thiophene rings is 1. The molecule has 0 aliphatic rings. The molecule has 1 N–H and O–H groups in total. The number of hydrogen-bond donors (Lipinski definition) is 1. The largest absolute Gasteiger partial charge is 0.480 e. The number of halogens is 1. The quantitative estimate of drug-likeness (QED) is 0.905. The van der Waals surface area contributed by atoms with Crippen LogP contribution < -0.4 is 10.1 Å². The number of nitrogens with zero attached hydrogens (tertiary/aromatic N) is 2. The third kappa shape index (κ3) is 3.00. The highest BCUT2D eigenvalue weighted by atomic mass is 79.9. The standard InChI is InChI=1S/C12H14BrN3OS/c1-3-9(10-5-4-6-18-10)15-12-14-7-8(13)11(16-12)17-2/h4-7,9H,3H2,1-2H3,(H,14,15,16). The minimum Gasteiger partial charge on any atom is -0.480 e. The number of anilines is 1. The third-order valence-corrected chi connectivity index (χ3v) is 4.03. The molecule has 18 heavy (non-hydrogen) atoms. The molecular formula is C12H14BrN3OS. The van der Waals surface area contributed by atoms with Crippen LogP contribution in [0.5, 0.6) is 5.88 Å². The average Bonchev–Trinajstić information content (AvgIpc) is 2.91. The Morgan fingerprint density at radius 2 is 2.39 bits per heavy atom. The van der Waals surface area contributed by atoms with Gasteiger partial charge < -0.3 is 10.1 Å². The molecule has 96 valence electrons. The van der Waals surface area contributed by atoms with Gasteiger partial charge in [-0.1, -0.05) is 13.0 Å². The van der Waals surface area contributed by atoms with Crippen molar-refractivity contribution in [1.29, 1.82) is 0 Å². The second kappa shape index (κ2) is 6.15. The van der Waals surface area contributed by atoms with E-state index in [4.69, 9.17) is 4.74 Å². The summed E-state index contributed by atoms with van der Waals surface area (Å²) in [6.45, 7) is 2.13. The van der Waals surface area contributed by atoms with Crippen molar-refractivity contribution in [3.05, 3.63) is 33.1 Å². The Bertz CT molecular complexity index is 504. The van der Waals surface area contributed by atoms with Crippen molar-refractivity contribution in [2.75, 3.05) is 12.4 Å². The van der Waals surface area contributed by atoms with E-state index in [1.165, 1.54) is 4.88 Å². The molecule has 0 radical (unpaired) electrons. The van der Waals surface area contributed by atoms with E-state index in [0.29, 0.717) is 11.8 Å². The van der Waals surface area contributed by atoms with Gasteiger partial charge >= 0.3 is 0 Å². The molecule has 0 spiro atoms. The van der Waals surface area contributed by atoms with Crippen molar-refractivity contribution in [1.82, 2.24) is 9.97 Å². The van der Waals surface area contributed by atoms with E-state index in [2.05, 4.69) is 49.6 Å². The normalized spacial score (nSPS) is 12.2. The van der Waals surface area contributed by atoms with Gasteiger partial charge in [0.1, 0.15) is 0 Å². The van der Waals surface area contributed by atoms with Gasteiger partial charge in [-0.2, -0.15) is 4.98 Å². The summed E-state index contributed by atoms with van der Waals surface area (Å²) in [6.07, 6.45) is 2.66. The smallest absolute Gasteiger partial charge is 0.232 e. The van der Waals surface area contributed by atoms with Gasteiger partial charge in [0, 0.05) is 4.88 Å². The molecule has 0 bridgehead atoms. The van der Waals surface area contributed by atoms with Crippen LogP contribution in [0.15, 0.2) is 28.2 Å². The van der Waals surface area contributed by atoms with Crippen LogP contribution in [0, 0.1) is 0 Å². The number of aromatic nitrogens is 2. The zero-order valence-corrected chi connectivity index (χ0v) is 12.6. The van der Waals surface area contributed by atoms with Crippen molar-refractivity contribution in [3.63, 3.8) is 0 Å². The highest BCUT2D eigenvalue weighted by molar-refractivity contribution is 9.10. The Balaban J connectivity index is 2.17. The molecule has 0 saturated heterocycles. The Hall–Kier alpha value is -1.14.